The zero-order chi connectivity index (χ0) is 20.8. The number of nitrogens with zero attached hydrogens (tertiary/aromatic N) is 2. The number of para-hydroxylation sites is 2. The van der Waals surface area contributed by atoms with Crippen molar-refractivity contribution in [3.05, 3.63) is 58.6 Å². The first-order chi connectivity index (χ1) is 14.0. The number of urea groups is 1. The van der Waals surface area contributed by atoms with E-state index in [1.54, 1.807) is 42.5 Å². The highest BCUT2D eigenvalue weighted by molar-refractivity contribution is 5.94. The van der Waals surface area contributed by atoms with Gasteiger partial charge in [-0.05, 0) is 37.1 Å². The molecule has 1 fully saturated rings. The van der Waals surface area contributed by atoms with Crippen LogP contribution in [0.2, 0.25) is 0 Å². The van der Waals surface area contributed by atoms with Gasteiger partial charge in [0, 0.05) is 43.5 Å². The second-order valence-electron chi connectivity index (χ2n) is 6.78. The van der Waals surface area contributed by atoms with E-state index in [4.69, 9.17) is 0 Å². The molecular formula is C20H23N5O4. The Morgan fingerprint density at radius 2 is 1.69 bits per heavy atom. The van der Waals surface area contributed by atoms with Crippen molar-refractivity contribution in [2.45, 2.75) is 12.8 Å². The zero-order valence-electron chi connectivity index (χ0n) is 16.1. The fraction of sp³-hybridized carbons (Fsp3) is 0.300. The Morgan fingerprint density at radius 3 is 2.34 bits per heavy atom. The van der Waals surface area contributed by atoms with Crippen LogP contribution in [0.4, 0.5) is 27.5 Å². The molecule has 29 heavy (non-hydrogen) atoms. The van der Waals surface area contributed by atoms with Crippen molar-refractivity contribution in [2.75, 3.05) is 35.7 Å². The molecule has 0 aliphatic carbocycles. The van der Waals surface area contributed by atoms with E-state index in [9.17, 15) is 19.7 Å². The summed E-state index contributed by atoms with van der Waals surface area (Å²) in [6.07, 6.45) is 1.21. The number of carbonyl (C=O) groups excluding carboxylic acids is 2. The Balaban J connectivity index is 1.59. The third-order valence-electron chi connectivity index (χ3n) is 4.90. The maximum absolute atomic E-state index is 12.6. The molecule has 9 heteroatoms. The fourth-order valence-electron chi connectivity index (χ4n) is 3.38. The van der Waals surface area contributed by atoms with Crippen LogP contribution in [-0.4, -0.2) is 37.0 Å². The Hall–Kier alpha value is -3.62. The standard InChI is InChI=1S/C20H23N5O4/c1-21-20(27)23-16-6-4-5-15(13-16)22-19(26)14-9-11-24(12-10-14)17-7-2-3-8-18(17)25(28)29/h2-8,13-14H,9-12H2,1H3,(H,22,26)(H2,21,23,27). The molecule has 152 valence electrons. The summed E-state index contributed by atoms with van der Waals surface area (Å²) in [7, 11) is 1.53. The van der Waals surface area contributed by atoms with Crippen LogP contribution in [0.1, 0.15) is 12.8 Å². The minimum absolute atomic E-state index is 0.0795. The Kier molecular flexibility index (Phi) is 6.28. The van der Waals surface area contributed by atoms with E-state index in [1.807, 2.05) is 4.90 Å². The van der Waals surface area contributed by atoms with Crippen LogP contribution in [0.25, 0.3) is 0 Å². The van der Waals surface area contributed by atoms with Gasteiger partial charge < -0.3 is 20.9 Å². The summed E-state index contributed by atoms with van der Waals surface area (Å²) in [5, 5.41) is 19.3. The van der Waals surface area contributed by atoms with Gasteiger partial charge in [0.2, 0.25) is 5.91 Å². The summed E-state index contributed by atoms with van der Waals surface area (Å²) in [5.41, 5.74) is 1.85. The van der Waals surface area contributed by atoms with Gasteiger partial charge >= 0.3 is 6.03 Å². The lowest BCUT2D eigenvalue weighted by Crippen LogP contribution is -2.38. The van der Waals surface area contributed by atoms with Crippen molar-refractivity contribution in [3.8, 4) is 0 Å². The van der Waals surface area contributed by atoms with Crippen LogP contribution in [-0.2, 0) is 4.79 Å². The molecule has 3 amide bonds. The van der Waals surface area contributed by atoms with Gasteiger partial charge in [0.1, 0.15) is 5.69 Å². The third-order valence-corrected chi connectivity index (χ3v) is 4.90. The topological polar surface area (TPSA) is 117 Å². The van der Waals surface area contributed by atoms with Crippen molar-refractivity contribution in [2.24, 2.45) is 5.92 Å². The van der Waals surface area contributed by atoms with Gasteiger partial charge in [-0.2, -0.15) is 0 Å². The van der Waals surface area contributed by atoms with Crippen molar-refractivity contribution in [1.82, 2.24) is 5.32 Å². The van der Waals surface area contributed by atoms with E-state index in [-0.39, 0.29) is 28.5 Å². The molecule has 0 unspecified atom stereocenters. The van der Waals surface area contributed by atoms with Crippen molar-refractivity contribution < 1.29 is 14.5 Å². The quantitative estimate of drug-likeness (QED) is 0.529. The average molecular weight is 397 g/mol. The molecule has 9 nitrogen and oxygen atoms in total. The molecule has 1 saturated heterocycles. The summed E-state index contributed by atoms with van der Waals surface area (Å²) >= 11 is 0. The van der Waals surface area contributed by atoms with Gasteiger partial charge in [-0.15, -0.1) is 0 Å². The molecule has 2 aromatic rings. The first-order valence-electron chi connectivity index (χ1n) is 9.36. The highest BCUT2D eigenvalue weighted by atomic mass is 16.6. The van der Waals surface area contributed by atoms with E-state index in [0.717, 1.165) is 0 Å². The van der Waals surface area contributed by atoms with Crippen LogP contribution in [0.5, 0.6) is 0 Å². The van der Waals surface area contributed by atoms with E-state index in [0.29, 0.717) is 43.0 Å². The fourth-order valence-corrected chi connectivity index (χ4v) is 3.38. The minimum atomic E-state index is -0.381. The van der Waals surface area contributed by atoms with E-state index >= 15 is 0 Å². The van der Waals surface area contributed by atoms with Gasteiger partial charge in [0.15, 0.2) is 0 Å². The van der Waals surface area contributed by atoms with Gasteiger partial charge in [0.25, 0.3) is 5.69 Å². The number of rotatable bonds is 5. The normalized spacial score (nSPS) is 14.2. The molecule has 3 N–H and O–H groups in total. The largest absolute Gasteiger partial charge is 0.366 e. The highest BCUT2D eigenvalue weighted by Crippen LogP contribution is 2.31. The smallest absolute Gasteiger partial charge is 0.318 e. The number of amides is 3. The molecule has 0 aromatic heterocycles. The summed E-state index contributed by atoms with van der Waals surface area (Å²) in [4.78, 5) is 36.9. The van der Waals surface area contributed by atoms with Crippen molar-refractivity contribution in [3.63, 3.8) is 0 Å². The highest BCUT2D eigenvalue weighted by Gasteiger charge is 2.28. The molecular weight excluding hydrogens is 374 g/mol. The maximum atomic E-state index is 12.6. The maximum Gasteiger partial charge on any atom is 0.318 e. The summed E-state index contributed by atoms with van der Waals surface area (Å²) in [5.74, 6) is -0.270. The van der Waals surface area contributed by atoms with Crippen LogP contribution >= 0.6 is 0 Å². The summed E-state index contributed by atoms with van der Waals surface area (Å²) < 4.78 is 0. The number of anilines is 3. The Labute approximate surface area is 168 Å². The van der Waals surface area contributed by atoms with E-state index in [2.05, 4.69) is 16.0 Å². The Morgan fingerprint density at radius 1 is 1.03 bits per heavy atom. The number of hydrogen-bond donors (Lipinski definition) is 3. The molecule has 2 aromatic carbocycles. The number of hydrogen-bond acceptors (Lipinski definition) is 5. The van der Waals surface area contributed by atoms with Crippen molar-refractivity contribution in [1.29, 1.82) is 0 Å². The number of nitrogens with one attached hydrogen (secondary N) is 3. The van der Waals surface area contributed by atoms with Crippen molar-refractivity contribution >= 4 is 34.7 Å². The number of nitro groups is 1. The van der Waals surface area contributed by atoms with E-state index in [1.165, 1.54) is 13.1 Å². The van der Waals surface area contributed by atoms with Gasteiger partial charge in [0.05, 0.1) is 4.92 Å². The lowest BCUT2D eigenvalue weighted by Gasteiger charge is -2.32. The van der Waals surface area contributed by atoms with Gasteiger partial charge in [-0.3, -0.25) is 14.9 Å². The first kappa shape index (κ1) is 20.1. The monoisotopic (exact) mass is 397 g/mol. The molecule has 0 saturated carbocycles. The van der Waals surface area contributed by atoms with Crippen LogP contribution in [0, 0.1) is 16.0 Å². The first-order valence-corrected chi connectivity index (χ1v) is 9.36. The van der Waals surface area contributed by atoms with Gasteiger partial charge in [-0.1, -0.05) is 18.2 Å². The second kappa shape index (κ2) is 9.05. The minimum Gasteiger partial charge on any atom is -0.366 e. The Bertz CT molecular complexity index is 909. The molecule has 1 aliphatic rings. The molecule has 0 spiro atoms. The van der Waals surface area contributed by atoms with Gasteiger partial charge in [-0.25, -0.2) is 4.79 Å². The van der Waals surface area contributed by atoms with E-state index < -0.39 is 0 Å². The lowest BCUT2D eigenvalue weighted by atomic mass is 9.95. The summed E-state index contributed by atoms with van der Waals surface area (Å²) in [6.45, 7) is 1.14. The molecule has 0 bridgehead atoms. The molecule has 0 atom stereocenters. The predicted molar refractivity (Wildman–Crippen MR) is 111 cm³/mol. The lowest BCUT2D eigenvalue weighted by molar-refractivity contribution is -0.384. The number of nitro benzene ring substituents is 1. The number of benzene rings is 2. The third kappa shape index (κ3) is 5.01. The average Bonchev–Trinajstić information content (AvgIpc) is 2.74. The van der Waals surface area contributed by atoms with Crippen LogP contribution in [0.3, 0.4) is 0 Å². The second-order valence-corrected chi connectivity index (χ2v) is 6.78. The number of piperidine rings is 1. The summed E-state index contributed by atoms with van der Waals surface area (Å²) in [6, 6.07) is 13.3. The molecule has 3 rings (SSSR count). The molecule has 1 aliphatic heterocycles. The number of carbonyl (C=O) groups is 2. The molecule has 0 radical (unpaired) electrons. The van der Waals surface area contributed by atoms with Crippen LogP contribution in [0.15, 0.2) is 48.5 Å². The van der Waals surface area contributed by atoms with Crippen LogP contribution < -0.4 is 20.9 Å². The molecule has 1 heterocycles. The zero-order valence-corrected chi connectivity index (χ0v) is 16.1. The predicted octanol–water partition coefficient (Wildman–Crippen LogP) is 3.20. The SMILES string of the molecule is CNC(=O)Nc1cccc(NC(=O)C2CCN(c3ccccc3[N+](=O)[O-])CC2)c1.